The normalized spacial score (nSPS) is 6.64. The van der Waals surface area contributed by atoms with E-state index in [0.717, 1.165) is 5.56 Å². The van der Waals surface area contributed by atoms with E-state index in [0.29, 0.717) is 0 Å². The summed E-state index contributed by atoms with van der Waals surface area (Å²) in [4.78, 5) is 0. The predicted molar refractivity (Wildman–Crippen MR) is 43.9 cm³/mol. The van der Waals surface area contributed by atoms with Crippen molar-refractivity contribution in [3.63, 3.8) is 0 Å². The summed E-state index contributed by atoms with van der Waals surface area (Å²) in [6.07, 6.45) is 0. The molecule has 0 N–H and O–H groups in total. The van der Waals surface area contributed by atoms with Crippen molar-refractivity contribution in [2.24, 2.45) is 0 Å². The van der Waals surface area contributed by atoms with Gasteiger partial charge >= 0.3 is 23.1 Å². The second kappa shape index (κ2) is 8.46. The van der Waals surface area contributed by atoms with Gasteiger partial charge in [-0.15, -0.1) is 12.4 Å². The van der Waals surface area contributed by atoms with Crippen LogP contribution in [0.15, 0.2) is 24.3 Å². The van der Waals surface area contributed by atoms with Crippen LogP contribution in [-0.2, 0) is 0 Å². The van der Waals surface area contributed by atoms with Crippen LogP contribution in [0.4, 0.5) is 4.39 Å². The summed E-state index contributed by atoms with van der Waals surface area (Å²) in [6, 6.07) is 6.05. The Morgan fingerprint density at radius 2 is 1.45 bits per heavy atom. The molecule has 0 saturated heterocycles. The molecule has 0 radical (unpaired) electrons. The monoisotopic (exact) mass is 204 g/mol. The van der Waals surface area contributed by atoms with E-state index in [-0.39, 0.29) is 53.7 Å². The van der Waals surface area contributed by atoms with E-state index >= 15 is 0 Å². The standard InChI is InChI=1S/C7H6F.2ClH.Mg/c1-6-2-4-7(8)5-3-6;;;/h2-5H,1H2;2*1H;/q-1;;;+2/p-1. The van der Waals surface area contributed by atoms with E-state index < -0.39 is 0 Å². The summed E-state index contributed by atoms with van der Waals surface area (Å²) in [7, 11) is 0. The molecule has 4 heteroatoms. The number of hydrogen-bond acceptors (Lipinski definition) is 0. The molecule has 0 nitrogen and oxygen atoms in total. The zero-order chi connectivity index (χ0) is 5.98. The first-order valence-electron chi connectivity index (χ1n) is 2.36. The number of hydrogen-bond donors (Lipinski definition) is 0. The molecule has 0 heterocycles. The molecule has 0 aliphatic rings. The molecule has 0 atom stereocenters. The van der Waals surface area contributed by atoms with Crippen LogP contribution in [0.2, 0.25) is 0 Å². The molecule has 1 rings (SSSR count). The quantitative estimate of drug-likeness (QED) is 0.378. The second-order valence-electron chi connectivity index (χ2n) is 1.63. The average Bonchev–Trinajstić information content (AvgIpc) is 1.77. The van der Waals surface area contributed by atoms with E-state index in [4.69, 9.17) is 0 Å². The van der Waals surface area contributed by atoms with Gasteiger partial charge in [0.15, 0.2) is 0 Å². The minimum atomic E-state index is -0.211. The van der Waals surface area contributed by atoms with Gasteiger partial charge in [0, 0.05) is 0 Å². The first-order valence-corrected chi connectivity index (χ1v) is 2.36. The molecule has 0 fully saturated rings. The van der Waals surface area contributed by atoms with Crippen LogP contribution in [0.25, 0.3) is 0 Å². The van der Waals surface area contributed by atoms with Gasteiger partial charge in [-0.1, -0.05) is 12.1 Å². The maximum absolute atomic E-state index is 12.1. The molecule has 1 aromatic rings. The summed E-state index contributed by atoms with van der Waals surface area (Å²) < 4.78 is 12.1. The molecular weight excluding hydrogens is 198 g/mol. The minimum absolute atomic E-state index is 0. The van der Waals surface area contributed by atoms with Gasteiger partial charge in [-0.3, -0.25) is 0 Å². The fourth-order valence-corrected chi connectivity index (χ4v) is 0.484. The average molecular weight is 205 g/mol. The van der Waals surface area contributed by atoms with Gasteiger partial charge in [-0.05, 0) is 0 Å². The molecule has 0 aliphatic heterocycles. The van der Waals surface area contributed by atoms with E-state index in [1.54, 1.807) is 12.1 Å². The summed E-state index contributed by atoms with van der Waals surface area (Å²) in [5, 5.41) is 0. The smallest absolute Gasteiger partial charge is 1.00 e. The predicted octanol–water partition coefficient (Wildman–Crippen LogP) is -0.947. The van der Waals surface area contributed by atoms with Crippen molar-refractivity contribution in [3.8, 4) is 0 Å². The number of benzene rings is 1. The summed E-state index contributed by atoms with van der Waals surface area (Å²) in [5.41, 5.74) is 0.839. The minimum Gasteiger partial charge on any atom is -1.00 e. The number of rotatable bonds is 0. The van der Waals surface area contributed by atoms with E-state index in [1.807, 2.05) is 0 Å². The Hall–Kier alpha value is 0.366. The third-order valence-corrected chi connectivity index (χ3v) is 0.913. The van der Waals surface area contributed by atoms with E-state index in [2.05, 4.69) is 6.92 Å². The molecule has 0 aromatic heterocycles. The molecule has 0 saturated carbocycles. The maximum atomic E-state index is 12.1. The molecule has 0 bridgehead atoms. The Balaban J connectivity index is -0.000000213. The third-order valence-electron chi connectivity index (χ3n) is 0.913. The summed E-state index contributed by atoms with van der Waals surface area (Å²) in [5.74, 6) is -0.211. The van der Waals surface area contributed by atoms with Crippen molar-refractivity contribution >= 4 is 35.5 Å². The molecule has 0 aliphatic carbocycles. The molecule has 0 amide bonds. The zero-order valence-electron chi connectivity index (χ0n) is 5.89. The van der Waals surface area contributed by atoms with Gasteiger partial charge in [0.1, 0.15) is 0 Å². The van der Waals surface area contributed by atoms with Gasteiger partial charge in [-0.25, -0.2) is 4.39 Å². The fourth-order valence-electron chi connectivity index (χ4n) is 0.484. The van der Waals surface area contributed by atoms with Crippen molar-refractivity contribution in [1.82, 2.24) is 0 Å². The van der Waals surface area contributed by atoms with Crippen LogP contribution in [0.1, 0.15) is 5.56 Å². The molecule has 1 aromatic carbocycles. The Labute approximate surface area is 94.5 Å². The van der Waals surface area contributed by atoms with Crippen LogP contribution in [0.5, 0.6) is 0 Å². The van der Waals surface area contributed by atoms with Crippen molar-refractivity contribution in [2.75, 3.05) is 0 Å². The summed E-state index contributed by atoms with van der Waals surface area (Å²) in [6.45, 7) is 3.60. The van der Waals surface area contributed by atoms with Gasteiger partial charge in [0.2, 0.25) is 0 Å². The third kappa shape index (κ3) is 6.75. The molecule has 11 heavy (non-hydrogen) atoms. The van der Waals surface area contributed by atoms with E-state index in [9.17, 15) is 4.39 Å². The molecular formula is C7H7Cl2FMg. The topological polar surface area (TPSA) is 0 Å². The van der Waals surface area contributed by atoms with Gasteiger partial charge in [0.25, 0.3) is 0 Å². The largest absolute Gasteiger partial charge is 2.00 e. The molecule has 58 valence electrons. The van der Waals surface area contributed by atoms with Crippen LogP contribution >= 0.6 is 12.4 Å². The Morgan fingerprint density at radius 1 is 1.09 bits per heavy atom. The van der Waals surface area contributed by atoms with Crippen LogP contribution in [0.3, 0.4) is 0 Å². The fraction of sp³-hybridized carbons (Fsp3) is 0. The van der Waals surface area contributed by atoms with Crippen LogP contribution < -0.4 is 12.4 Å². The van der Waals surface area contributed by atoms with Crippen LogP contribution in [-0.4, -0.2) is 23.1 Å². The van der Waals surface area contributed by atoms with Crippen molar-refractivity contribution < 1.29 is 16.8 Å². The van der Waals surface area contributed by atoms with Gasteiger partial charge in [0.05, 0.1) is 5.82 Å². The van der Waals surface area contributed by atoms with Crippen molar-refractivity contribution in [1.29, 1.82) is 0 Å². The molecule has 0 unspecified atom stereocenters. The van der Waals surface area contributed by atoms with Gasteiger partial charge in [-0.2, -0.15) is 24.6 Å². The Morgan fingerprint density at radius 3 is 1.73 bits per heavy atom. The first-order chi connectivity index (χ1) is 3.79. The van der Waals surface area contributed by atoms with Crippen molar-refractivity contribution in [2.45, 2.75) is 0 Å². The Kier molecular flexibility index (Phi) is 13.4. The second-order valence-corrected chi connectivity index (χ2v) is 1.63. The number of halogens is 3. The van der Waals surface area contributed by atoms with E-state index in [1.165, 1.54) is 12.1 Å². The maximum Gasteiger partial charge on any atom is 2.00 e. The summed E-state index contributed by atoms with van der Waals surface area (Å²) >= 11 is 0. The van der Waals surface area contributed by atoms with Crippen LogP contribution in [0, 0.1) is 12.7 Å². The Bertz CT molecular complexity index is 155. The zero-order valence-corrected chi connectivity index (χ0v) is 8.87. The SMILES string of the molecule is Cl.[CH2-]c1ccc(F)cc1.[Cl-].[Mg+2]. The van der Waals surface area contributed by atoms with Gasteiger partial charge < -0.3 is 12.4 Å². The first kappa shape index (κ1) is 17.5. The van der Waals surface area contributed by atoms with Crippen molar-refractivity contribution in [3.05, 3.63) is 42.6 Å². The molecule has 0 spiro atoms.